The molecule has 1 aliphatic heterocycles. The Morgan fingerprint density at radius 2 is 1.80 bits per heavy atom. The summed E-state index contributed by atoms with van der Waals surface area (Å²) < 4.78 is 24.1. The number of carbonyl (C=O) groups is 1. The number of rotatable bonds is 7. The molecule has 0 spiro atoms. The van der Waals surface area contributed by atoms with Gasteiger partial charge in [0.1, 0.15) is 5.82 Å². The fourth-order valence-electron chi connectivity index (χ4n) is 5.04. The third-order valence-corrected chi connectivity index (χ3v) is 6.88. The third kappa shape index (κ3) is 5.27. The molecule has 0 radical (unpaired) electrons. The first-order chi connectivity index (χ1) is 17.0. The zero-order valence-electron chi connectivity index (χ0n) is 19.6. The van der Waals surface area contributed by atoms with Crippen LogP contribution in [0.4, 0.5) is 4.39 Å². The molecular weight excluding hydrogens is 449 g/mol. The van der Waals surface area contributed by atoms with E-state index < -0.39 is 12.3 Å². The van der Waals surface area contributed by atoms with Crippen LogP contribution in [-0.4, -0.2) is 22.4 Å². The van der Waals surface area contributed by atoms with Crippen LogP contribution < -0.4 is 5.48 Å². The van der Waals surface area contributed by atoms with Gasteiger partial charge in [0.2, 0.25) is 18.0 Å². The van der Waals surface area contributed by atoms with Crippen molar-refractivity contribution in [1.29, 1.82) is 0 Å². The van der Waals surface area contributed by atoms with Gasteiger partial charge in [0.05, 0.1) is 5.70 Å². The van der Waals surface area contributed by atoms with Gasteiger partial charge in [0.25, 0.3) is 0 Å². The van der Waals surface area contributed by atoms with E-state index in [1.165, 1.54) is 31.7 Å². The average molecular weight is 478 g/mol. The zero-order valence-corrected chi connectivity index (χ0v) is 19.6. The van der Waals surface area contributed by atoms with E-state index in [2.05, 4.69) is 15.6 Å². The summed E-state index contributed by atoms with van der Waals surface area (Å²) in [5, 5.41) is 4.18. The summed E-state index contributed by atoms with van der Waals surface area (Å²) in [6.45, 7) is 1.33. The van der Waals surface area contributed by atoms with E-state index in [1.807, 2.05) is 36.4 Å². The summed E-state index contributed by atoms with van der Waals surface area (Å²) >= 11 is 0. The number of hydroxylamine groups is 1. The number of ether oxygens (including phenoxy) is 1. The molecule has 1 aromatic heterocycles. The lowest BCUT2D eigenvalue weighted by Gasteiger charge is -2.38. The second-order valence-electron chi connectivity index (χ2n) is 9.22. The van der Waals surface area contributed by atoms with Gasteiger partial charge in [-0.2, -0.15) is 4.98 Å². The Morgan fingerprint density at radius 1 is 1.09 bits per heavy atom. The van der Waals surface area contributed by atoms with Crippen LogP contribution in [0.1, 0.15) is 62.5 Å². The van der Waals surface area contributed by atoms with Crippen molar-refractivity contribution in [2.75, 3.05) is 0 Å². The second-order valence-corrected chi connectivity index (χ2v) is 9.22. The maximum atomic E-state index is 13.5. The first-order valence-corrected chi connectivity index (χ1v) is 12.0. The molecule has 1 N–H and O–H groups in total. The van der Waals surface area contributed by atoms with E-state index in [0.717, 1.165) is 36.1 Å². The van der Waals surface area contributed by atoms with Crippen LogP contribution in [0.15, 0.2) is 59.1 Å². The van der Waals surface area contributed by atoms with Crippen molar-refractivity contribution in [2.24, 2.45) is 0 Å². The van der Waals surface area contributed by atoms with Crippen molar-refractivity contribution in [2.45, 2.75) is 63.6 Å². The van der Waals surface area contributed by atoms with Crippen molar-refractivity contribution in [3.63, 3.8) is 0 Å². The molecular formula is C27H28FN3O4. The van der Waals surface area contributed by atoms with Gasteiger partial charge in [-0.3, -0.25) is 10.3 Å². The van der Waals surface area contributed by atoms with Crippen LogP contribution in [-0.2, 0) is 26.2 Å². The number of nitrogens with one attached hydrogen (secondary N) is 1. The van der Waals surface area contributed by atoms with Crippen molar-refractivity contribution < 1.29 is 23.3 Å². The first-order valence-electron chi connectivity index (χ1n) is 12.0. The highest BCUT2D eigenvalue weighted by Gasteiger charge is 2.34. The molecule has 7 nitrogen and oxygen atoms in total. The predicted octanol–water partition coefficient (Wildman–Crippen LogP) is 5.48. The molecule has 1 aliphatic carbocycles. The first kappa shape index (κ1) is 23.2. The van der Waals surface area contributed by atoms with Gasteiger partial charge >= 0.3 is 5.97 Å². The van der Waals surface area contributed by atoms with E-state index in [-0.39, 0.29) is 11.2 Å². The molecule has 1 fully saturated rings. The SMILES string of the molecule is CC(=O)OC1C=C(c2ccc(-c3noc(CCC4(c5ccc(F)cc5)CCCCC4)n3)cc2)NO1. The molecule has 8 heteroatoms. The minimum absolute atomic E-state index is 0.0241. The molecule has 0 saturated heterocycles. The van der Waals surface area contributed by atoms with Crippen LogP contribution in [0.2, 0.25) is 0 Å². The lowest BCUT2D eigenvalue weighted by atomic mass is 9.67. The summed E-state index contributed by atoms with van der Waals surface area (Å²) in [5.74, 6) is 0.524. The standard InChI is InChI=1S/C27H28FN3O4/c1-18(32)33-25-17-23(30-35-25)19-5-7-20(8-6-19)26-29-24(34-31-26)13-16-27(14-3-2-4-15-27)21-9-11-22(28)12-10-21/h5-12,17,25,30H,2-4,13-16H2,1H3. The number of hydrogen-bond acceptors (Lipinski definition) is 7. The van der Waals surface area contributed by atoms with Gasteiger partial charge in [-0.25, -0.2) is 9.23 Å². The molecule has 3 aromatic rings. The zero-order chi connectivity index (χ0) is 24.3. The monoisotopic (exact) mass is 477 g/mol. The number of hydrogen-bond donors (Lipinski definition) is 1. The van der Waals surface area contributed by atoms with Gasteiger partial charge in [-0.1, -0.05) is 60.8 Å². The quantitative estimate of drug-likeness (QED) is 0.451. The highest BCUT2D eigenvalue weighted by Crippen LogP contribution is 2.43. The van der Waals surface area contributed by atoms with Gasteiger partial charge in [0.15, 0.2) is 0 Å². The van der Waals surface area contributed by atoms with Crippen molar-refractivity contribution in [3.05, 3.63) is 77.4 Å². The second kappa shape index (κ2) is 10.00. The summed E-state index contributed by atoms with van der Waals surface area (Å²) in [6.07, 6.45) is 8.30. The fraction of sp³-hybridized carbons (Fsp3) is 0.370. The highest BCUT2D eigenvalue weighted by atomic mass is 19.1. The minimum atomic E-state index is -0.746. The molecule has 2 aromatic carbocycles. The molecule has 1 atom stereocenters. The van der Waals surface area contributed by atoms with Crippen LogP contribution in [0, 0.1) is 5.82 Å². The van der Waals surface area contributed by atoms with E-state index in [9.17, 15) is 9.18 Å². The van der Waals surface area contributed by atoms with Gasteiger partial charge in [-0.05, 0) is 47.9 Å². The summed E-state index contributed by atoms with van der Waals surface area (Å²) in [4.78, 5) is 20.9. The molecule has 0 bridgehead atoms. The van der Waals surface area contributed by atoms with Gasteiger partial charge in [0, 0.05) is 25.0 Å². The molecule has 1 unspecified atom stereocenters. The lowest BCUT2D eigenvalue weighted by molar-refractivity contribution is -0.169. The Hall–Kier alpha value is -3.52. The number of nitrogens with zero attached hydrogens (tertiary/aromatic N) is 2. The molecule has 2 aliphatic rings. The number of esters is 1. The number of benzene rings is 2. The predicted molar refractivity (Wildman–Crippen MR) is 127 cm³/mol. The van der Waals surface area contributed by atoms with Gasteiger partial charge in [-0.15, -0.1) is 0 Å². The number of halogens is 1. The molecule has 35 heavy (non-hydrogen) atoms. The Balaban J connectivity index is 1.26. The van der Waals surface area contributed by atoms with E-state index in [0.29, 0.717) is 18.1 Å². The summed E-state index contributed by atoms with van der Waals surface area (Å²) in [6, 6.07) is 14.6. The summed E-state index contributed by atoms with van der Waals surface area (Å²) in [5.41, 5.74) is 6.43. The van der Waals surface area contributed by atoms with E-state index in [1.54, 1.807) is 18.2 Å². The minimum Gasteiger partial charge on any atom is -0.430 e. The van der Waals surface area contributed by atoms with Crippen LogP contribution in [0.5, 0.6) is 0 Å². The largest absolute Gasteiger partial charge is 0.430 e. The Kier molecular flexibility index (Phi) is 6.63. The molecule has 1 saturated carbocycles. The van der Waals surface area contributed by atoms with Crippen molar-refractivity contribution >= 4 is 11.7 Å². The fourth-order valence-corrected chi connectivity index (χ4v) is 5.04. The molecule has 2 heterocycles. The molecule has 182 valence electrons. The molecule has 5 rings (SSSR count). The Morgan fingerprint density at radius 3 is 2.51 bits per heavy atom. The van der Waals surface area contributed by atoms with Crippen molar-refractivity contribution in [3.8, 4) is 11.4 Å². The Labute approximate surface area is 203 Å². The third-order valence-electron chi connectivity index (χ3n) is 6.88. The average Bonchev–Trinajstić information content (AvgIpc) is 3.53. The maximum Gasteiger partial charge on any atom is 0.305 e. The van der Waals surface area contributed by atoms with Crippen LogP contribution >= 0.6 is 0 Å². The normalized spacial score (nSPS) is 19.1. The Bertz CT molecular complexity index is 1200. The van der Waals surface area contributed by atoms with Crippen LogP contribution in [0.25, 0.3) is 17.1 Å². The number of carbonyl (C=O) groups excluding carboxylic acids is 1. The number of aryl methyl sites for hydroxylation is 1. The molecule has 0 amide bonds. The number of aromatic nitrogens is 2. The smallest absolute Gasteiger partial charge is 0.305 e. The van der Waals surface area contributed by atoms with Crippen LogP contribution in [0.3, 0.4) is 0 Å². The van der Waals surface area contributed by atoms with E-state index >= 15 is 0 Å². The highest BCUT2D eigenvalue weighted by molar-refractivity contribution is 5.69. The topological polar surface area (TPSA) is 86.5 Å². The van der Waals surface area contributed by atoms with Crippen molar-refractivity contribution in [1.82, 2.24) is 15.6 Å². The lowest BCUT2D eigenvalue weighted by Crippen LogP contribution is -2.29. The van der Waals surface area contributed by atoms with E-state index in [4.69, 9.17) is 14.1 Å². The summed E-state index contributed by atoms with van der Waals surface area (Å²) in [7, 11) is 0. The maximum absolute atomic E-state index is 13.5. The van der Waals surface area contributed by atoms with Gasteiger partial charge < -0.3 is 9.26 Å².